The van der Waals surface area contributed by atoms with Crippen LogP contribution in [-0.4, -0.2) is 81.3 Å². The van der Waals surface area contributed by atoms with Crippen molar-refractivity contribution in [1.29, 1.82) is 0 Å². The SMILES string of the molecule is CCNCC1CCN(S(=O)(=O)N2CCCN(C)CC2)CC1. The number of rotatable bonds is 5. The lowest BCUT2D eigenvalue weighted by Gasteiger charge is -2.34. The lowest BCUT2D eigenvalue weighted by atomic mass is 9.98. The fraction of sp³-hybridized carbons (Fsp3) is 1.00. The van der Waals surface area contributed by atoms with Crippen molar-refractivity contribution >= 4 is 10.2 Å². The van der Waals surface area contributed by atoms with E-state index in [9.17, 15) is 8.42 Å². The molecular formula is C14H30N4O2S. The Kier molecular flexibility index (Phi) is 6.43. The van der Waals surface area contributed by atoms with Crippen molar-refractivity contribution in [2.75, 3.05) is 59.4 Å². The molecule has 0 aromatic rings. The van der Waals surface area contributed by atoms with E-state index >= 15 is 0 Å². The van der Waals surface area contributed by atoms with Crippen LogP contribution in [0.5, 0.6) is 0 Å². The number of likely N-dealkylation sites (N-methyl/N-ethyl adjacent to an activating group) is 1. The highest BCUT2D eigenvalue weighted by atomic mass is 32.2. The van der Waals surface area contributed by atoms with Crippen LogP contribution in [0.25, 0.3) is 0 Å². The van der Waals surface area contributed by atoms with Crippen LogP contribution in [0.15, 0.2) is 0 Å². The molecule has 2 saturated heterocycles. The molecular weight excluding hydrogens is 288 g/mol. The van der Waals surface area contributed by atoms with Crippen LogP contribution in [0.3, 0.4) is 0 Å². The Morgan fingerprint density at radius 2 is 1.67 bits per heavy atom. The minimum absolute atomic E-state index is 0.617. The number of piperidine rings is 1. The highest BCUT2D eigenvalue weighted by Gasteiger charge is 2.33. The molecule has 2 heterocycles. The molecule has 2 aliphatic rings. The third kappa shape index (κ3) is 4.63. The summed E-state index contributed by atoms with van der Waals surface area (Å²) in [5.74, 6) is 0.617. The summed E-state index contributed by atoms with van der Waals surface area (Å²) < 4.78 is 28.9. The lowest BCUT2D eigenvalue weighted by Crippen LogP contribution is -2.48. The van der Waals surface area contributed by atoms with Crippen LogP contribution >= 0.6 is 0 Å². The van der Waals surface area contributed by atoms with E-state index in [1.807, 2.05) is 0 Å². The molecule has 0 atom stereocenters. The molecule has 0 aromatic heterocycles. The minimum Gasteiger partial charge on any atom is -0.317 e. The molecule has 2 fully saturated rings. The first-order valence-electron chi connectivity index (χ1n) is 8.18. The second-order valence-corrected chi connectivity index (χ2v) is 8.14. The van der Waals surface area contributed by atoms with E-state index in [2.05, 4.69) is 24.2 Å². The van der Waals surface area contributed by atoms with E-state index in [4.69, 9.17) is 0 Å². The average molecular weight is 318 g/mol. The molecule has 2 aliphatic heterocycles. The largest absolute Gasteiger partial charge is 0.317 e. The molecule has 0 aromatic carbocycles. The molecule has 0 unspecified atom stereocenters. The Bertz CT molecular complexity index is 407. The second kappa shape index (κ2) is 7.87. The van der Waals surface area contributed by atoms with Gasteiger partial charge in [0.25, 0.3) is 10.2 Å². The quantitative estimate of drug-likeness (QED) is 0.786. The van der Waals surface area contributed by atoms with Gasteiger partial charge in [-0.15, -0.1) is 0 Å². The maximum absolute atomic E-state index is 12.7. The van der Waals surface area contributed by atoms with Gasteiger partial charge >= 0.3 is 0 Å². The fourth-order valence-electron chi connectivity index (χ4n) is 3.11. The molecule has 0 amide bonds. The second-order valence-electron chi connectivity index (χ2n) is 6.21. The van der Waals surface area contributed by atoms with E-state index < -0.39 is 10.2 Å². The van der Waals surface area contributed by atoms with Crippen molar-refractivity contribution < 1.29 is 8.42 Å². The zero-order chi connectivity index (χ0) is 15.3. The van der Waals surface area contributed by atoms with E-state index in [0.717, 1.165) is 45.4 Å². The summed E-state index contributed by atoms with van der Waals surface area (Å²) in [5, 5.41) is 3.36. The van der Waals surface area contributed by atoms with Crippen LogP contribution < -0.4 is 5.32 Å². The number of nitrogens with one attached hydrogen (secondary N) is 1. The standard InChI is InChI=1S/C14H30N4O2S/c1-3-15-13-14-5-9-18(10-6-14)21(19,20)17-8-4-7-16(2)11-12-17/h14-15H,3-13H2,1-2H3. The Balaban J connectivity index is 1.88. The van der Waals surface area contributed by atoms with Crippen LogP contribution in [0.4, 0.5) is 0 Å². The van der Waals surface area contributed by atoms with Gasteiger partial charge in [0, 0.05) is 32.7 Å². The smallest absolute Gasteiger partial charge is 0.282 e. The third-order valence-corrected chi connectivity index (χ3v) is 6.62. The Hall–Kier alpha value is -0.210. The number of hydrogen-bond donors (Lipinski definition) is 1. The average Bonchev–Trinajstić information content (AvgIpc) is 2.70. The monoisotopic (exact) mass is 318 g/mol. The van der Waals surface area contributed by atoms with Gasteiger partial charge in [-0.1, -0.05) is 6.92 Å². The highest BCUT2D eigenvalue weighted by Crippen LogP contribution is 2.21. The van der Waals surface area contributed by atoms with Crippen LogP contribution in [0.1, 0.15) is 26.2 Å². The normalized spacial score (nSPS) is 25.0. The zero-order valence-electron chi connectivity index (χ0n) is 13.4. The first kappa shape index (κ1) is 17.1. The summed E-state index contributed by atoms with van der Waals surface area (Å²) in [6.45, 7) is 8.54. The molecule has 0 radical (unpaired) electrons. The molecule has 0 bridgehead atoms. The maximum atomic E-state index is 12.7. The van der Waals surface area contributed by atoms with E-state index in [1.165, 1.54) is 0 Å². The summed E-state index contributed by atoms with van der Waals surface area (Å²) in [7, 11) is -1.20. The first-order valence-corrected chi connectivity index (χ1v) is 9.58. The van der Waals surface area contributed by atoms with Crippen molar-refractivity contribution in [2.24, 2.45) is 5.92 Å². The molecule has 6 nitrogen and oxygen atoms in total. The molecule has 21 heavy (non-hydrogen) atoms. The van der Waals surface area contributed by atoms with E-state index in [1.54, 1.807) is 8.61 Å². The Morgan fingerprint density at radius 3 is 2.33 bits per heavy atom. The Labute approximate surface area is 129 Å². The fourth-order valence-corrected chi connectivity index (χ4v) is 4.78. The topological polar surface area (TPSA) is 55.9 Å². The van der Waals surface area contributed by atoms with Gasteiger partial charge in [0.2, 0.25) is 0 Å². The van der Waals surface area contributed by atoms with Crippen LogP contribution in [0, 0.1) is 5.92 Å². The van der Waals surface area contributed by atoms with Crippen LogP contribution in [-0.2, 0) is 10.2 Å². The van der Waals surface area contributed by atoms with Gasteiger partial charge in [-0.05, 0) is 51.9 Å². The van der Waals surface area contributed by atoms with Gasteiger partial charge in [0.1, 0.15) is 0 Å². The molecule has 1 N–H and O–H groups in total. The number of nitrogens with zero attached hydrogens (tertiary/aromatic N) is 3. The lowest BCUT2D eigenvalue weighted by molar-refractivity contribution is 0.250. The van der Waals surface area contributed by atoms with E-state index in [0.29, 0.717) is 32.1 Å². The van der Waals surface area contributed by atoms with Crippen molar-refractivity contribution in [1.82, 2.24) is 18.8 Å². The summed E-state index contributed by atoms with van der Waals surface area (Å²) >= 11 is 0. The van der Waals surface area contributed by atoms with Gasteiger partial charge in [0.15, 0.2) is 0 Å². The summed E-state index contributed by atoms with van der Waals surface area (Å²) in [6.07, 6.45) is 2.87. The predicted molar refractivity (Wildman–Crippen MR) is 85.4 cm³/mol. The molecule has 2 rings (SSSR count). The highest BCUT2D eigenvalue weighted by molar-refractivity contribution is 7.86. The van der Waals surface area contributed by atoms with Crippen molar-refractivity contribution in [3.63, 3.8) is 0 Å². The molecule has 0 spiro atoms. The van der Waals surface area contributed by atoms with Gasteiger partial charge in [-0.25, -0.2) is 0 Å². The summed E-state index contributed by atoms with van der Waals surface area (Å²) in [5.41, 5.74) is 0. The molecule has 0 saturated carbocycles. The van der Waals surface area contributed by atoms with Crippen molar-refractivity contribution in [2.45, 2.75) is 26.2 Å². The first-order chi connectivity index (χ1) is 10.0. The molecule has 124 valence electrons. The minimum atomic E-state index is -3.26. The van der Waals surface area contributed by atoms with Crippen LogP contribution in [0.2, 0.25) is 0 Å². The van der Waals surface area contributed by atoms with Gasteiger partial charge in [-0.3, -0.25) is 0 Å². The zero-order valence-corrected chi connectivity index (χ0v) is 14.2. The van der Waals surface area contributed by atoms with Crippen molar-refractivity contribution in [3.8, 4) is 0 Å². The summed E-state index contributed by atoms with van der Waals surface area (Å²) in [6, 6.07) is 0. The van der Waals surface area contributed by atoms with Gasteiger partial charge in [0.05, 0.1) is 0 Å². The maximum Gasteiger partial charge on any atom is 0.282 e. The molecule has 7 heteroatoms. The van der Waals surface area contributed by atoms with Gasteiger partial charge in [-0.2, -0.15) is 17.0 Å². The molecule has 0 aliphatic carbocycles. The third-order valence-electron chi connectivity index (χ3n) is 4.59. The van der Waals surface area contributed by atoms with E-state index in [-0.39, 0.29) is 0 Å². The number of hydrogen-bond acceptors (Lipinski definition) is 4. The summed E-state index contributed by atoms with van der Waals surface area (Å²) in [4.78, 5) is 2.21. The van der Waals surface area contributed by atoms with Crippen molar-refractivity contribution in [3.05, 3.63) is 0 Å². The van der Waals surface area contributed by atoms with Gasteiger partial charge < -0.3 is 10.2 Å². The Morgan fingerprint density at radius 1 is 1.00 bits per heavy atom. The predicted octanol–water partition coefficient (Wildman–Crippen LogP) is 0.190.